The lowest BCUT2D eigenvalue weighted by molar-refractivity contribution is -0.144. The Kier molecular flexibility index (Phi) is 4.78. The summed E-state index contributed by atoms with van der Waals surface area (Å²) in [6.07, 6.45) is 4.35. The topological polar surface area (TPSA) is 40.5 Å². The molecule has 1 aliphatic rings. The van der Waals surface area contributed by atoms with E-state index < -0.39 is 5.97 Å². The van der Waals surface area contributed by atoms with Crippen LogP contribution in [0.2, 0.25) is 0 Å². The Morgan fingerprint density at radius 2 is 2.06 bits per heavy atom. The quantitative estimate of drug-likeness (QED) is 0.802. The molecule has 0 aromatic heterocycles. The van der Waals surface area contributed by atoms with Crippen LogP contribution in [-0.2, 0) is 4.79 Å². The van der Waals surface area contributed by atoms with Gasteiger partial charge in [-0.05, 0) is 31.7 Å². The fourth-order valence-corrected chi connectivity index (χ4v) is 3.00. The Labute approximate surface area is 98.8 Å². The molecule has 0 aromatic rings. The SMILES string of the molecule is CCC(C(=O)O)N(C)C1CCCC(C)C1C. The molecule has 1 saturated carbocycles. The van der Waals surface area contributed by atoms with Gasteiger partial charge in [-0.1, -0.05) is 33.6 Å². The molecule has 1 rings (SSSR count). The number of hydrogen-bond donors (Lipinski definition) is 1. The van der Waals surface area contributed by atoms with E-state index in [0.29, 0.717) is 24.3 Å². The fourth-order valence-electron chi connectivity index (χ4n) is 3.00. The van der Waals surface area contributed by atoms with E-state index in [2.05, 4.69) is 18.7 Å². The van der Waals surface area contributed by atoms with Crippen molar-refractivity contribution in [3.63, 3.8) is 0 Å². The van der Waals surface area contributed by atoms with Crippen LogP contribution in [0.4, 0.5) is 0 Å². The van der Waals surface area contributed by atoms with E-state index in [-0.39, 0.29) is 6.04 Å². The van der Waals surface area contributed by atoms with Crippen molar-refractivity contribution in [3.05, 3.63) is 0 Å². The lowest BCUT2D eigenvalue weighted by Crippen LogP contribution is -2.49. The van der Waals surface area contributed by atoms with Crippen molar-refractivity contribution in [1.82, 2.24) is 4.90 Å². The van der Waals surface area contributed by atoms with Crippen LogP contribution in [0.3, 0.4) is 0 Å². The largest absolute Gasteiger partial charge is 0.480 e. The van der Waals surface area contributed by atoms with Crippen molar-refractivity contribution in [3.8, 4) is 0 Å². The summed E-state index contributed by atoms with van der Waals surface area (Å²) in [4.78, 5) is 13.2. The lowest BCUT2D eigenvalue weighted by atomic mass is 9.77. The van der Waals surface area contributed by atoms with Gasteiger partial charge in [0, 0.05) is 6.04 Å². The zero-order chi connectivity index (χ0) is 12.3. The van der Waals surface area contributed by atoms with Gasteiger partial charge in [0.25, 0.3) is 0 Å². The summed E-state index contributed by atoms with van der Waals surface area (Å²) in [7, 11) is 1.97. The van der Waals surface area contributed by atoms with E-state index in [4.69, 9.17) is 0 Å². The van der Waals surface area contributed by atoms with Crippen molar-refractivity contribution in [1.29, 1.82) is 0 Å². The van der Waals surface area contributed by atoms with E-state index in [0.717, 1.165) is 6.42 Å². The maximum atomic E-state index is 11.2. The summed E-state index contributed by atoms with van der Waals surface area (Å²) in [5, 5.41) is 9.18. The zero-order valence-corrected chi connectivity index (χ0v) is 10.9. The van der Waals surface area contributed by atoms with Crippen molar-refractivity contribution >= 4 is 5.97 Å². The molecule has 0 amide bonds. The van der Waals surface area contributed by atoms with Crippen molar-refractivity contribution in [2.75, 3.05) is 7.05 Å². The van der Waals surface area contributed by atoms with E-state index in [9.17, 15) is 9.90 Å². The van der Waals surface area contributed by atoms with Gasteiger partial charge in [-0.25, -0.2) is 0 Å². The summed E-state index contributed by atoms with van der Waals surface area (Å²) in [6, 6.07) is 0.113. The Balaban J connectivity index is 2.70. The number of likely N-dealkylation sites (N-methyl/N-ethyl adjacent to an activating group) is 1. The molecule has 4 unspecified atom stereocenters. The first-order valence-corrected chi connectivity index (χ1v) is 6.43. The number of carbonyl (C=O) groups is 1. The molecule has 3 heteroatoms. The number of aliphatic carboxylic acids is 1. The predicted octanol–water partition coefficient (Wildman–Crippen LogP) is 2.61. The maximum absolute atomic E-state index is 11.2. The van der Waals surface area contributed by atoms with Crippen LogP contribution in [0.15, 0.2) is 0 Å². The highest BCUT2D eigenvalue weighted by Gasteiger charge is 2.34. The van der Waals surface area contributed by atoms with Crippen molar-refractivity contribution < 1.29 is 9.90 Å². The predicted molar refractivity (Wildman–Crippen MR) is 65.4 cm³/mol. The van der Waals surface area contributed by atoms with Crippen molar-refractivity contribution in [2.45, 2.75) is 58.5 Å². The Morgan fingerprint density at radius 3 is 2.56 bits per heavy atom. The highest BCUT2D eigenvalue weighted by Crippen LogP contribution is 2.33. The first-order valence-electron chi connectivity index (χ1n) is 6.43. The van der Waals surface area contributed by atoms with Gasteiger partial charge < -0.3 is 5.11 Å². The van der Waals surface area contributed by atoms with Crippen LogP contribution < -0.4 is 0 Å². The Morgan fingerprint density at radius 1 is 1.44 bits per heavy atom. The zero-order valence-electron chi connectivity index (χ0n) is 10.9. The van der Waals surface area contributed by atoms with Crippen molar-refractivity contribution in [2.24, 2.45) is 11.8 Å². The van der Waals surface area contributed by atoms with Gasteiger partial charge in [0.1, 0.15) is 6.04 Å². The van der Waals surface area contributed by atoms with E-state index in [1.807, 2.05) is 14.0 Å². The molecule has 1 fully saturated rings. The fraction of sp³-hybridized carbons (Fsp3) is 0.923. The van der Waals surface area contributed by atoms with Crippen LogP contribution in [0.1, 0.15) is 46.5 Å². The third-order valence-corrected chi connectivity index (χ3v) is 4.35. The molecular weight excluding hydrogens is 202 g/mol. The van der Waals surface area contributed by atoms with E-state index >= 15 is 0 Å². The molecule has 1 N–H and O–H groups in total. The van der Waals surface area contributed by atoms with Gasteiger partial charge in [-0.2, -0.15) is 0 Å². The molecule has 0 heterocycles. The summed E-state index contributed by atoms with van der Waals surface area (Å²) in [5.74, 6) is 0.634. The molecule has 0 aromatic carbocycles. The van der Waals surface area contributed by atoms with Crippen LogP contribution in [0.25, 0.3) is 0 Å². The molecule has 4 atom stereocenters. The molecule has 0 aliphatic heterocycles. The number of carboxylic acid groups (broad SMARTS) is 1. The van der Waals surface area contributed by atoms with Gasteiger partial charge in [-0.3, -0.25) is 9.69 Å². The van der Waals surface area contributed by atoms with Crippen LogP contribution in [0, 0.1) is 11.8 Å². The summed E-state index contributed by atoms with van der Waals surface area (Å²) >= 11 is 0. The highest BCUT2D eigenvalue weighted by atomic mass is 16.4. The third-order valence-electron chi connectivity index (χ3n) is 4.35. The minimum atomic E-state index is -0.685. The lowest BCUT2D eigenvalue weighted by Gasteiger charge is -2.42. The number of rotatable bonds is 4. The number of nitrogens with zero attached hydrogens (tertiary/aromatic N) is 1. The van der Waals surface area contributed by atoms with E-state index in [1.54, 1.807) is 0 Å². The van der Waals surface area contributed by atoms with Crippen LogP contribution in [-0.4, -0.2) is 35.1 Å². The summed E-state index contributed by atoms with van der Waals surface area (Å²) in [5.41, 5.74) is 0. The van der Waals surface area contributed by atoms with Gasteiger partial charge in [0.2, 0.25) is 0 Å². The van der Waals surface area contributed by atoms with Crippen LogP contribution in [0.5, 0.6) is 0 Å². The number of hydrogen-bond acceptors (Lipinski definition) is 2. The second kappa shape index (κ2) is 5.67. The molecule has 3 nitrogen and oxygen atoms in total. The molecule has 1 aliphatic carbocycles. The standard InChI is InChI=1S/C13H25NO2/c1-5-11(13(15)16)14(4)12-8-6-7-9(2)10(12)3/h9-12H,5-8H2,1-4H3,(H,15,16). The first kappa shape index (κ1) is 13.5. The summed E-state index contributed by atoms with van der Waals surface area (Å²) in [6.45, 7) is 6.50. The average Bonchev–Trinajstić information content (AvgIpc) is 2.22. The monoisotopic (exact) mass is 227 g/mol. The van der Waals surface area contributed by atoms with Gasteiger partial charge >= 0.3 is 5.97 Å². The normalized spacial score (nSPS) is 32.7. The minimum Gasteiger partial charge on any atom is -0.480 e. The third kappa shape index (κ3) is 2.76. The Bertz CT molecular complexity index is 242. The molecule has 0 bridgehead atoms. The second-order valence-corrected chi connectivity index (χ2v) is 5.26. The highest BCUT2D eigenvalue weighted by molar-refractivity contribution is 5.73. The van der Waals surface area contributed by atoms with Gasteiger partial charge in [0.05, 0.1) is 0 Å². The smallest absolute Gasteiger partial charge is 0.320 e. The molecule has 0 spiro atoms. The van der Waals surface area contributed by atoms with E-state index in [1.165, 1.54) is 12.8 Å². The second-order valence-electron chi connectivity index (χ2n) is 5.26. The van der Waals surface area contributed by atoms with Gasteiger partial charge in [-0.15, -0.1) is 0 Å². The molecule has 0 radical (unpaired) electrons. The summed E-state index contributed by atoms with van der Waals surface area (Å²) < 4.78 is 0. The number of carboxylic acids is 1. The molecule has 0 saturated heterocycles. The van der Waals surface area contributed by atoms with Crippen LogP contribution >= 0.6 is 0 Å². The molecule has 94 valence electrons. The average molecular weight is 227 g/mol. The maximum Gasteiger partial charge on any atom is 0.320 e. The Hall–Kier alpha value is -0.570. The molecular formula is C13H25NO2. The minimum absolute atomic E-state index is 0.322. The first-order chi connectivity index (χ1) is 7.49. The molecule has 16 heavy (non-hydrogen) atoms. The van der Waals surface area contributed by atoms with Gasteiger partial charge in [0.15, 0.2) is 0 Å².